The monoisotopic (exact) mass is 545 g/mol. The van der Waals surface area contributed by atoms with E-state index < -0.39 is 0 Å². The second-order valence-electron chi connectivity index (χ2n) is 7.25. The minimum absolute atomic E-state index is 0. The van der Waals surface area contributed by atoms with Crippen molar-refractivity contribution < 1.29 is 0 Å². The van der Waals surface area contributed by atoms with E-state index in [2.05, 4.69) is 56.3 Å². The van der Waals surface area contributed by atoms with Crippen LogP contribution in [0.3, 0.4) is 0 Å². The van der Waals surface area contributed by atoms with Crippen LogP contribution in [-0.2, 0) is 13.0 Å². The van der Waals surface area contributed by atoms with Crippen LogP contribution in [0.25, 0.3) is 0 Å². The summed E-state index contributed by atoms with van der Waals surface area (Å²) in [6.07, 6.45) is 5.16. The molecule has 0 radical (unpaired) electrons. The predicted octanol–water partition coefficient (Wildman–Crippen LogP) is 3.50. The molecule has 0 saturated carbocycles. The number of aryl methyl sites for hydroxylation is 1. The molecule has 1 aromatic carbocycles. The van der Waals surface area contributed by atoms with Crippen LogP contribution < -0.4 is 10.6 Å². The summed E-state index contributed by atoms with van der Waals surface area (Å²) in [4.78, 5) is 7.41. The lowest BCUT2D eigenvalue weighted by molar-refractivity contribution is 0.251. The maximum absolute atomic E-state index is 6.26. The first kappa shape index (κ1) is 24.9. The number of guanidine groups is 1. The molecule has 7 nitrogen and oxygen atoms in total. The molecule has 1 atom stereocenters. The molecule has 9 heteroatoms. The van der Waals surface area contributed by atoms with Crippen molar-refractivity contribution in [3.8, 4) is 0 Å². The molecular weight excluding hydrogens is 513 g/mol. The molecule has 1 aliphatic heterocycles. The van der Waals surface area contributed by atoms with Gasteiger partial charge in [-0.15, -0.1) is 34.2 Å². The lowest BCUT2D eigenvalue weighted by Crippen LogP contribution is -2.39. The van der Waals surface area contributed by atoms with Gasteiger partial charge in [0.05, 0.1) is 12.6 Å². The van der Waals surface area contributed by atoms with Gasteiger partial charge in [0.25, 0.3) is 0 Å². The van der Waals surface area contributed by atoms with E-state index in [0.29, 0.717) is 6.54 Å². The van der Waals surface area contributed by atoms with Crippen LogP contribution in [-0.4, -0.2) is 58.3 Å². The van der Waals surface area contributed by atoms with Crippen molar-refractivity contribution in [2.24, 2.45) is 4.99 Å². The van der Waals surface area contributed by atoms with Crippen molar-refractivity contribution in [2.75, 3.05) is 32.7 Å². The Bertz CT molecular complexity index is 789. The third-order valence-electron chi connectivity index (χ3n) is 5.24. The van der Waals surface area contributed by atoms with E-state index in [1.807, 2.05) is 12.1 Å². The number of hydrogen-bond acceptors (Lipinski definition) is 4. The summed E-state index contributed by atoms with van der Waals surface area (Å²) in [5.41, 5.74) is 1.23. The quantitative estimate of drug-likeness (QED) is 0.287. The van der Waals surface area contributed by atoms with E-state index in [4.69, 9.17) is 16.6 Å². The number of halogens is 2. The summed E-state index contributed by atoms with van der Waals surface area (Å²) < 4.78 is 2.08. The molecule has 2 N–H and O–H groups in total. The van der Waals surface area contributed by atoms with Crippen LogP contribution in [0.1, 0.15) is 44.1 Å². The van der Waals surface area contributed by atoms with Gasteiger partial charge < -0.3 is 15.2 Å². The Kier molecular flexibility index (Phi) is 10.9. The Balaban J connectivity index is 0.00000320. The summed E-state index contributed by atoms with van der Waals surface area (Å²) in [6.45, 7) is 9.50. The topological polar surface area (TPSA) is 70.4 Å². The maximum atomic E-state index is 6.26. The van der Waals surface area contributed by atoms with Crippen molar-refractivity contribution >= 4 is 41.5 Å². The number of hydrogen-bond donors (Lipinski definition) is 2. The number of nitrogens with one attached hydrogen (secondary N) is 2. The average molecular weight is 546 g/mol. The van der Waals surface area contributed by atoms with Gasteiger partial charge in [0, 0.05) is 31.1 Å². The summed E-state index contributed by atoms with van der Waals surface area (Å²) in [5, 5.41) is 15.7. The molecule has 0 aliphatic carbocycles. The van der Waals surface area contributed by atoms with Crippen LogP contribution in [0.5, 0.6) is 0 Å². The summed E-state index contributed by atoms with van der Waals surface area (Å²) in [6, 6.07) is 8.42. The van der Waals surface area contributed by atoms with E-state index in [1.165, 1.54) is 18.4 Å². The standard InChI is InChI=1S/C21H32ClN7.HI/c1-3-20-27-26-16-29(20)13-10-24-21(23-4-2)25-15-19(28-11-5-6-12-28)17-8-7-9-18(22)14-17;/h7-9,14,16,19H,3-6,10-13,15H2,1-2H3,(H2,23,24,25);1H. The summed E-state index contributed by atoms with van der Waals surface area (Å²) >= 11 is 6.26. The van der Waals surface area contributed by atoms with Gasteiger partial charge in [0.1, 0.15) is 12.2 Å². The highest BCUT2D eigenvalue weighted by Gasteiger charge is 2.23. The molecule has 0 spiro atoms. The summed E-state index contributed by atoms with van der Waals surface area (Å²) in [7, 11) is 0. The van der Waals surface area contributed by atoms with E-state index in [1.54, 1.807) is 6.33 Å². The van der Waals surface area contributed by atoms with Gasteiger partial charge in [-0.2, -0.15) is 0 Å². The van der Waals surface area contributed by atoms with Crippen molar-refractivity contribution in [3.63, 3.8) is 0 Å². The largest absolute Gasteiger partial charge is 0.357 e. The van der Waals surface area contributed by atoms with Crippen molar-refractivity contribution in [1.82, 2.24) is 30.3 Å². The van der Waals surface area contributed by atoms with E-state index in [-0.39, 0.29) is 30.0 Å². The van der Waals surface area contributed by atoms with Gasteiger partial charge in [-0.3, -0.25) is 9.89 Å². The lowest BCUT2D eigenvalue weighted by atomic mass is 10.1. The van der Waals surface area contributed by atoms with Crippen molar-refractivity contribution in [2.45, 2.75) is 45.7 Å². The Hall–Kier alpha value is -1.39. The van der Waals surface area contributed by atoms with Gasteiger partial charge in [-0.25, -0.2) is 0 Å². The minimum Gasteiger partial charge on any atom is -0.357 e. The molecular formula is C21H33ClIN7. The van der Waals surface area contributed by atoms with E-state index in [0.717, 1.165) is 56.0 Å². The Morgan fingerprint density at radius 3 is 2.73 bits per heavy atom. The second kappa shape index (κ2) is 13.1. The normalized spacial score (nSPS) is 15.6. The van der Waals surface area contributed by atoms with Crippen LogP contribution in [0, 0.1) is 0 Å². The number of rotatable bonds is 9. The molecule has 1 unspecified atom stereocenters. The Labute approximate surface area is 201 Å². The van der Waals surface area contributed by atoms with Crippen LogP contribution in [0.15, 0.2) is 35.6 Å². The van der Waals surface area contributed by atoms with E-state index >= 15 is 0 Å². The van der Waals surface area contributed by atoms with E-state index in [9.17, 15) is 0 Å². The van der Waals surface area contributed by atoms with Gasteiger partial charge in [-0.05, 0) is 50.6 Å². The molecule has 0 amide bonds. The number of likely N-dealkylation sites (tertiary alicyclic amines) is 1. The van der Waals surface area contributed by atoms with Gasteiger partial charge in [0.2, 0.25) is 0 Å². The van der Waals surface area contributed by atoms with Crippen LogP contribution >= 0.6 is 35.6 Å². The highest BCUT2D eigenvalue weighted by Crippen LogP contribution is 2.27. The lowest BCUT2D eigenvalue weighted by Gasteiger charge is -2.27. The third kappa shape index (κ3) is 7.09. The molecule has 3 rings (SSSR count). The Morgan fingerprint density at radius 1 is 1.23 bits per heavy atom. The average Bonchev–Trinajstić information content (AvgIpc) is 3.40. The zero-order valence-electron chi connectivity index (χ0n) is 17.9. The molecule has 1 fully saturated rings. The molecule has 2 heterocycles. The van der Waals surface area contributed by atoms with Gasteiger partial charge >= 0.3 is 0 Å². The molecule has 1 aliphatic rings. The van der Waals surface area contributed by atoms with Crippen molar-refractivity contribution in [1.29, 1.82) is 0 Å². The zero-order valence-corrected chi connectivity index (χ0v) is 20.9. The second-order valence-corrected chi connectivity index (χ2v) is 7.69. The molecule has 1 aromatic heterocycles. The third-order valence-corrected chi connectivity index (χ3v) is 5.47. The highest BCUT2D eigenvalue weighted by atomic mass is 127. The number of aromatic nitrogens is 3. The molecule has 0 bridgehead atoms. The van der Waals surface area contributed by atoms with Gasteiger partial charge in [-0.1, -0.05) is 30.7 Å². The first-order valence-electron chi connectivity index (χ1n) is 10.6. The molecule has 1 saturated heterocycles. The van der Waals surface area contributed by atoms with Crippen LogP contribution in [0.4, 0.5) is 0 Å². The SMILES string of the molecule is CCNC(=NCC(c1cccc(Cl)c1)N1CCCC1)NCCn1cnnc1CC.I. The smallest absolute Gasteiger partial charge is 0.191 e. The first-order chi connectivity index (χ1) is 14.2. The molecule has 166 valence electrons. The first-order valence-corrected chi connectivity index (χ1v) is 11.0. The number of benzene rings is 1. The molecule has 30 heavy (non-hydrogen) atoms. The number of aliphatic imine (C=N–C) groups is 1. The minimum atomic E-state index is 0. The van der Waals surface area contributed by atoms with Crippen LogP contribution in [0.2, 0.25) is 5.02 Å². The maximum Gasteiger partial charge on any atom is 0.191 e. The highest BCUT2D eigenvalue weighted by molar-refractivity contribution is 14.0. The fourth-order valence-corrected chi connectivity index (χ4v) is 3.95. The van der Waals surface area contributed by atoms with Crippen molar-refractivity contribution in [3.05, 3.63) is 47.0 Å². The predicted molar refractivity (Wildman–Crippen MR) is 134 cm³/mol. The van der Waals surface area contributed by atoms with Gasteiger partial charge in [0.15, 0.2) is 5.96 Å². The molecule has 2 aromatic rings. The zero-order chi connectivity index (χ0) is 20.5. The number of nitrogens with zero attached hydrogens (tertiary/aromatic N) is 5. The fourth-order valence-electron chi connectivity index (χ4n) is 3.75. The summed E-state index contributed by atoms with van der Waals surface area (Å²) in [5.74, 6) is 1.84. The fraction of sp³-hybridized carbons (Fsp3) is 0.571. The Morgan fingerprint density at radius 2 is 2.03 bits per heavy atom.